The minimum Gasteiger partial charge on any atom is -0.380 e. The third-order valence-electron chi connectivity index (χ3n) is 7.54. The van der Waals surface area contributed by atoms with Gasteiger partial charge in [0.15, 0.2) is 0 Å². The molecular weight excluding hydrogens is 541 g/mol. The molecule has 0 radical (unpaired) electrons. The summed E-state index contributed by atoms with van der Waals surface area (Å²) in [5.41, 5.74) is 7.72. The molecule has 3 amide bonds. The first-order chi connectivity index (χ1) is 18.8. The smallest absolute Gasteiger partial charge is 0.323 e. The number of carbonyl (C=O) groups is 2. The van der Waals surface area contributed by atoms with Crippen LogP contribution in [0, 0.1) is 11.7 Å². The van der Waals surface area contributed by atoms with Crippen molar-refractivity contribution < 1.29 is 18.7 Å². The maximum Gasteiger partial charge on any atom is 0.323 e. The van der Waals surface area contributed by atoms with Crippen molar-refractivity contribution in [1.29, 1.82) is 0 Å². The van der Waals surface area contributed by atoms with E-state index in [1.165, 1.54) is 42.3 Å². The lowest BCUT2D eigenvalue weighted by Gasteiger charge is -2.31. The third-order valence-corrected chi connectivity index (χ3v) is 8.69. The van der Waals surface area contributed by atoms with E-state index in [9.17, 15) is 9.59 Å². The molecule has 4 N–H and O–H groups in total. The number of amides is 3. The zero-order valence-corrected chi connectivity index (χ0v) is 23.1. The van der Waals surface area contributed by atoms with E-state index in [1.54, 1.807) is 36.7 Å². The summed E-state index contributed by atoms with van der Waals surface area (Å²) in [5, 5.41) is 6.05. The van der Waals surface area contributed by atoms with Gasteiger partial charge in [0.1, 0.15) is 11.9 Å². The molecule has 2 fully saturated rings. The van der Waals surface area contributed by atoms with Gasteiger partial charge in [0.25, 0.3) is 0 Å². The van der Waals surface area contributed by atoms with Crippen molar-refractivity contribution in [3.8, 4) is 0 Å². The number of rotatable bonds is 9. The Morgan fingerprint density at radius 3 is 2.62 bits per heavy atom. The number of halogens is 2. The number of methoxy groups -OCH3 is 1. The molecule has 3 heterocycles. The van der Waals surface area contributed by atoms with Crippen LogP contribution in [0.1, 0.15) is 43.2 Å². The number of nitrogens with two attached hydrogens (primary N) is 1. The van der Waals surface area contributed by atoms with E-state index in [1.807, 2.05) is 12.1 Å². The topological polar surface area (TPSA) is 110 Å². The van der Waals surface area contributed by atoms with Crippen LogP contribution in [0.4, 0.5) is 19.9 Å². The fourth-order valence-corrected chi connectivity index (χ4v) is 5.99. The highest BCUT2D eigenvalue weighted by Gasteiger charge is 2.40. The number of anilines is 2. The molecule has 3 aromatic rings. The average Bonchev–Trinajstić information content (AvgIpc) is 3.52. The molecule has 2 aromatic heterocycles. The number of nitrogens with zero attached hydrogens (tertiary/aromatic N) is 2. The number of pyridine rings is 1. The molecule has 1 aliphatic carbocycles. The summed E-state index contributed by atoms with van der Waals surface area (Å²) in [6.07, 6.45) is 7.36. The van der Waals surface area contributed by atoms with E-state index in [2.05, 4.69) is 15.6 Å². The molecule has 0 bridgehead atoms. The highest BCUT2D eigenvalue weighted by atomic mass is 35.5. The van der Waals surface area contributed by atoms with Gasteiger partial charge in [-0.05, 0) is 66.3 Å². The summed E-state index contributed by atoms with van der Waals surface area (Å²) < 4.78 is 21.0. The minimum absolute atomic E-state index is 0.0130. The van der Waals surface area contributed by atoms with Crippen LogP contribution in [0.2, 0.25) is 4.34 Å². The highest BCUT2D eigenvalue weighted by molar-refractivity contribution is 7.20. The van der Waals surface area contributed by atoms with Crippen LogP contribution >= 0.6 is 22.9 Å². The Morgan fingerprint density at radius 1 is 1.18 bits per heavy atom. The first-order valence-corrected chi connectivity index (χ1v) is 14.1. The van der Waals surface area contributed by atoms with Crippen LogP contribution in [0.25, 0.3) is 0 Å². The summed E-state index contributed by atoms with van der Waals surface area (Å²) in [7, 11) is 1.53. The highest BCUT2D eigenvalue weighted by Crippen LogP contribution is 2.40. The van der Waals surface area contributed by atoms with E-state index in [0.717, 1.165) is 12.0 Å². The van der Waals surface area contributed by atoms with Gasteiger partial charge in [0.2, 0.25) is 5.91 Å². The van der Waals surface area contributed by atoms with Gasteiger partial charge >= 0.3 is 6.03 Å². The second kappa shape index (κ2) is 11.6. The summed E-state index contributed by atoms with van der Waals surface area (Å²) in [6.45, 7) is 0.219. The Morgan fingerprint density at radius 2 is 1.95 bits per heavy atom. The molecule has 1 saturated heterocycles. The molecule has 5 rings (SSSR count). The second-order valence-electron chi connectivity index (χ2n) is 10.2. The molecule has 1 aliphatic heterocycles. The number of aromatic nitrogens is 1. The minimum atomic E-state index is -0.874. The Labute approximate surface area is 235 Å². The lowest BCUT2D eigenvalue weighted by molar-refractivity contribution is -0.119. The molecule has 0 spiro atoms. The SMILES string of the molecule is CO[C@@H]1C[C@H](C(=O)Nc2cc(C(N)(CCC3CC3)c3ccncc3)ccc2F)N(C(=O)Nc2ccc(Cl)s2)C1. The Balaban J connectivity index is 1.37. The zero-order valence-electron chi connectivity index (χ0n) is 21.5. The van der Waals surface area contributed by atoms with Crippen LogP contribution in [-0.2, 0) is 15.1 Å². The van der Waals surface area contributed by atoms with Crippen molar-refractivity contribution in [3.05, 3.63) is 76.1 Å². The fourth-order valence-electron chi connectivity index (χ4n) is 5.06. The Bertz CT molecular complexity index is 1340. The summed E-state index contributed by atoms with van der Waals surface area (Å²) >= 11 is 7.19. The predicted octanol–water partition coefficient (Wildman–Crippen LogP) is 5.59. The average molecular weight is 572 g/mol. The first kappa shape index (κ1) is 27.5. The fraction of sp³-hybridized carbons (Fsp3) is 0.393. The van der Waals surface area contributed by atoms with Gasteiger partial charge in [-0.25, -0.2) is 9.18 Å². The number of carbonyl (C=O) groups excluding carboxylic acids is 2. The summed E-state index contributed by atoms with van der Waals surface area (Å²) in [5.74, 6) is -0.431. The van der Waals surface area contributed by atoms with E-state index < -0.39 is 29.3 Å². The lowest BCUT2D eigenvalue weighted by Crippen LogP contribution is -2.45. The number of nitrogens with one attached hydrogen (secondary N) is 2. The van der Waals surface area contributed by atoms with Crippen molar-refractivity contribution in [2.45, 2.75) is 49.8 Å². The van der Waals surface area contributed by atoms with E-state index in [-0.39, 0.29) is 24.8 Å². The van der Waals surface area contributed by atoms with Gasteiger partial charge in [-0.15, -0.1) is 11.3 Å². The molecule has 1 unspecified atom stereocenters. The predicted molar refractivity (Wildman–Crippen MR) is 150 cm³/mol. The van der Waals surface area contributed by atoms with Gasteiger partial charge in [-0.1, -0.05) is 30.5 Å². The lowest BCUT2D eigenvalue weighted by atomic mass is 9.79. The maximum absolute atomic E-state index is 15.0. The standard InChI is InChI=1S/C28H31ClFN5O3S/c1-38-20-15-23(35(16-20)27(37)34-25-7-6-24(29)39-25)26(36)33-22-14-19(4-5-21(22)30)28(31,11-8-17-2-3-17)18-9-12-32-13-10-18/h4-7,9-10,12-14,17,20,23H,2-3,8,11,15-16,31H2,1H3,(H,33,36)(H,34,37)/t20-,23-,28?/m1/s1. The van der Waals surface area contributed by atoms with E-state index >= 15 is 4.39 Å². The van der Waals surface area contributed by atoms with Crippen LogP contribution in [0.5, 0.6) is 0 Å². The quantitative estimate of drug-likeness (QED) is 0.310. The number of likely N-dealkylation sites (tertiary alicyclic amines) is 1. The number of hydrogen-bond donors (Lipinski definition) is 3. The van der Waals surface area contributed by atoms with Crippen molar-refractivity contribution in [2.24, 2.45) is 11.7 Å². The third kappa shape index (κ3) is 6.24. The molecule has 11 heteroatoms. The largest absolute Gasteiger partial charge is 0.380 e. The second-order valence-corrected chi connectivity index (χ2v) is 11.9. The maximum atomic E-state index is 15.0. The molecule has 206 valence electrons. The normalized spacial score (nSPS) is 20.5. The zero-order chi connectivity index (χ0) is 27.6. The monoisotopic (exact) mass is 571 g/mol. The summed E-state index contributed by atoms with van der Waals surface area (Å²) in [6, 6.07) is 10.4. The van der Waals surface area contributed by atoms with Crippen molar-refractivity contribution in [2.75, 3.05) is 24.3 Å². The molecule has 8 nitrogen and oxygen atoms in total. The van der Waals surface area contributed by atoms with Gasteiger partial charge in [0.05, 0.1) is 26.7 Å². The molecule has 1 aromatic carbocycles. The van der Waals surface area contributed by atoms with Crippen LogP contribution in [0.3, 0.4) is 0 Å². The molecular formula is C28H31ClFN5O3S. The number of benzene rings is 1. The number of thiophene rings is 1. The Hall–Kier alpha value is -3.05. The van der Waals surface area contributed by atoms with E-state index in [0.29, 0.717) is 27.2 Å². The van der Waals surface area contributed by atoms with E-state index in [4.69, 9.17) is 22.1 Å². The van der Waals surface area contributed by atoms with Gasteiger partial charge < -0.3 is 20.7 Å². The molecule has 3 atom stereocenters. The molecule has 1 saturated carbocycles. The van der Waals surface area contributed by atoms with Gasteiger partial charge in [0, 0.05) is 32.5 Å². The number of hydrogen-bond acceptors (Lipinski definition) is 6. The van der Waals surface area contributed by atoms with Gasteiger partial charge in [-0.2, -0.15) is 0 Å². The van der Waals surface area contributed by atoms with Gasteiger partial charge in [-0.3, -0.25) is 15.1 Å². The first-order valence-electron chi connectivity index (χ1n) is 12.9. The van der Waals surface area contributed by atoms with Crippen molar-refractivity contribution in [1.82, 2.24) is 9.88 Å². The molecule has 2 aliphatic rings. The summed E-state index contributed by atoms with van der Waals surface area (Å²) in [4.78, 5) is 32.0. The Kier molecular flexibility index (Phi) is 8.18. The van der Waals surface area contributed by atoms with Crippen molar-refractivity contribution >= 4 is 45.6 Å². The number of urea groups is 1. The van der Waals surface area contributed by atoms with Crippen molar-refractivity contribution in [3.63, 3.8) is 0 Å². The van der Waals surface area contributed by atoms with Crippen LogP contribution < -0.4 is 16.4 Å². The van der Waals surface area contributed by atoms with Crippen LogP contribution in [0.15, 0.2) is 54.9 Å². The molecule has 39 heavy (non-hydrogen) atoms. The van der Waals surface area contributed by atoms with Crippen LogP contribution in [-0.4, -0.2) is 47.6 Å². The number of ether oxygens (including phenoxy) is 1.